The molecule has 1 aromatic carbocycles. The number of hydrogen-bond acceptors (Lipinski definition) is 7. The van der Waals surface area contributed by atoms with Gasteiger partial charge < -0.3 is 31.2 Å². The lowest BCUT2D eigenvalue weighted by Crippen LogP contribution is -2.55. The van der Waals surface area contributed by atoms with Crippen molar-refractivity contribution in [3.8, 4) is 11.5 Å². The average molecular weight is 398 g/mol. The molecule has 0 aromatic heterocycles. The second-order valence-electron chi connectivity index (χ2n) is 8.30. The summed E-state index contributed by atoms with van der Waals surface area (Å²) < 4.78 is 12.0. The molecule has 0 bridgehead atoms. The highest BCUT2D eigenvalue weighted by Crippen LogP contribution is 2.44. The fourth-order valence-corrected chi connectivity index (χ4v) is 4.13. The van der Waals surface area contributed by atoms with E-state index in [1.54, 1.807) is 0 Å². The Balaban J connectivity index is 1.74. The van der Waals surface area contributed by atoms with Crippen LogP contribution >= 0.6 is 0 Å². The molecule has 29 heavy (non-hydrogen) atoms. The molecule has 0 aliphatic carbocycles. The first-order chi connectivity index (χ1) is 13.8. The number of nitrogens with two attached hydrogens (primary N) is 1. The van der Waals surface area contributed by atoms with Crippen molar-refractivity contribution in [2.75, 3.05) is 25.1 Å². The minimum absolute atomic E-state index is 0.496. The zero-order valence-corrected chi connectivity index (χ0v) is 17.7. The summed E-state index contributed by atoms with van der Waals surface area (Å²) in [7, 11) is 0. The number of fused-ring (bicyclic) bond motifs is 1. The van der Waals surface area contributed by atoms with E-state index in [4.69, 9.17) is 15.2 Å². The molecule has 156 valence electrons. The molecule has 5 N–H and O–H groups in total. The van der Waals surface area contributed by atoms with E-state index in [-0.39, 0.29) is 0 Å². The van der Waals surface area contributed by atoms with Gasteiger partial charge in [0, 0.05) is 35.6 Å². The van der Waals surface area contributed by atoms with Crippen LogP contribution in [0.25, 0.3) is 5.57 Å². The summed E-state index contributed by atoms with van der Waals surface area (Å²) in [4.78, 5) is 4.57. The molecule has 3 aliphatic rings. The largest absolute Gasteiger partial charge is 0.486 e. The quantitative estimate of drug-likeness (QED) is 0.613. The third kappa shape index (κ3) is 4.26. The fourth-order valence-electron chi connectivity index (χ4n) is 4.13. The van der Waals surface area contributed by atoms with E-state index in [0.29, 0.717) is 25.2 Å². The number of benzene rings is 1. The van der Waals surface area contributed by atoms with E-state index in [9.17, 15) is 0 Å². The van der Waals surface area contributed by atoms with Crippen molar-refractivity contribution in [2.24, 2.45) is 10.7 Å². The Labute approximate surface area is 172 Å². The number of ether oxygens (including phenoxy) is 2. The van der Waals surface area contributed by atoms with E-state index in [1.165, 1.54) is 5.57 Å². The summed E-state index contributed by atoms with van der Waals surface area (Å²) in [6.07, 6.45) is 6.26. The molecule has 3 aliphatic heterocycles. The van der Waals surface area contributed by atoms with E-state index in [0.717, 1.165) is 53.4 Å². The van der Waals surface area contributed by atoms with Gasteiger partial charge in [0.2, 0.25) is 5.96 Å². The molecule has 4 rings (SSSR count). The van der Waals surface area contributed by atoms with Crippen LogP contribution < -0.4 is 31.2 Å². The van der Waals surface area contributed by atoms with Gasteiger partial charge in [-0.05, 0) is 57.7 Å². The topological polar surface area (TPSA) is 92.9 Å². The van der Waals surface area contributed by atoms with Gasteiger partial charge in [-0.1, -0.05) is 6.08 Å². The molecule has 0 amide bonds. The van der Waals surface area contributed by atoms with Crippen LogP contribution in [-0.4, -0.2) is 37.4 Å². The fraction of sp³-hybridized carbons (Fsp3) is 0.500. The Bertz CT molecular complexity index is 901. The van der Waals surface area contributed by atoms with Gasteiger partial charge in [0.1, 0.15) is 18.9 Å². The first kappa shape index (κ1) is 19.8. The van der Waals surface area contributed by atoms with E-state index >= 15 is 0 Å². The Kier molecular flexibility index (Phi) is 5.27. The van der Waals surface area contributed by atoms with E-state index < -0.39 is 5.66 Å². The monoisotopic (exact) mass is 397 g/mol. The molecule has 7 nitrogen and oxygen atoms in total. The molecule has 7 heteroatoms. The maximum absolute atomic E-state index is 6.27. The zero-order valence-electron chi connectivity index (χ0n) is 17.7. The zero-order chi connectivity index (χ0) is 20.6. The number of rotatable bonds is 2. The van der Waals surface area contributed by atoms with E-state index in [2.05, 4.69) is 40.9 Å². The van der Waals surface area contributed by atoms with Crippen LogP contribution in [0.2, 0.25) is 0 Å². The second kappa shape index (κ2) is 7.72. The summed E-state index contributed by atoms with van der Waals surface area (Å²) in [6, 6.07) is 2.49. The molecule has 0 radical (unpaired) electrons. The summed E-state index contributed by atoms with van der Waals surface area (Å²) in [5.74, 6) is 2.24. The molecule has 0 fully saturated rings. The summed E-state index contributed by atoms with van der Waals surface area (Å²) >= 11 is 0. The number of nitrogens with zero attached hydrogens (tertiary/aromatic N) is 1. The third-order valence-corrected chi connectivity index (χ3v) is 5.51. The number of nitrogens with one attached hydrogen (secondary N) is 3. The van der Waals surface area contributed by atoms with Gasteiger partial charge in [-0.25, -0.2) is 4.99 Å². The van der Waals surface area contributed by atoms with Crippen molar-refractivity contribution in [2.45, 2.75) is 52.2 Å². The van der Waals surface area contributed by atoms with Gasteiger partial charge in [0.05, 0.1) is 0 Å². The Morgan fingerprint density at radius 1 is 1.28 bits per heavy atom. The van der Waals surface area contributed by atoms with Gasteiger partial charge in [-0.15, -0.1) is 0 Å². The lowest BCUT2D eigenvalue weighted by Gasteiger charge is -2.30. The van der Waals surface area contributed by atoms with Crippen molar-refractivity contribution in [1.29, 1.82) is 0 Å². The number of allylic oxidation sites excluding steroid dienone is 2. The van der Waals surface area contributed by atoms with Gasteiger partial charge >= 0.3 is 0 Å². The van der Waals surface area contributed by atoms with Gasteiger partial charge in [-0.2, -0.15) is 0 Å². The van der Waals surface area contributed by atoms with Crippen LogP contribution in [0.3, 0.4) is 0 Å². The highest BCUT2D eigenvalue weighted by atomic mass is 16.6. The van der Waals surface area contributed by atoms with Crippen LogP contribution in [0.15, 0.2) is 28.9 Å². The SMILES string of the molecule is CC1=CC(C)(N)NC(Nc2cc3c(c(C4=CCN[C@@H](C)CC4)c2C)OCCO3)=N1. The minimum Gasteiger partial charge on any atom is -0.486 e. The number of hydrogen-bond donors (Lipinski definition) is 4. The molecule has 2 atom stereocenters. The number of guanidine groups is 1. The number of aliphatic imine (C=N–C) groups is 1. The van der Waals surface area contributed by atoms with Gasteiger partial charge in [0.15, 0.2) is 11.5 Å². The highest BCUT2D eigenvalue weighted by molar-refractivity contribution is 5.97. The molecule has 3 heterocycles. The van der Waals surface area contributed by atoms with Crippen LogP contribution in [0, 0.1) is 6.92 Å². The van der Waals surface area contributed by atoms with E-state index in [1.807, 2.05) is 26.0 Å². The highest BCUT2D eigenvalue weighted by Gasteiger charge is 2.26. The van der Waals surface area contributed by atoms with Gasteiger partial charge in [-0.3, -0.25) is 0 Å². The van der Waals surface area contributed by atoms with Crippen molar-refractivity contribution < 1.29 is 9.47 Å². The van der Waals surface area contributed by atoms with Gasteiger partial charge in [0.25, 0.3) is 0 Å². The Morgan fingerprint density at radius 3 is 2.86 bits per heavy atom. The first-order valence-electron chi connectivity index (χ1n) is 10.3. The summed E-state index contributed by atoms with van der Waals surface area (Å²) in [5, 5.41) is 10.2. The average Bonchev–Trinajstić information content (AvgIpc) is 2.85. The Morgan fingerprint density at radius 2 is 2.07 bits per heavy atom. The molecule has 1 aromatic rings. The van der Waals surface area contributed by atoms with Crippen molar-refractivity contribution >= 4 is 17.2 Å². The summed E-state index contributed by atoms with van der Waals surface area (Å²) in [6.45, 7) is 10.2. The maximum atomic E-state index is 6.27. The third-order valence-electron chi connectivity index (χ3n) is 5.51. The standard InChI is InChI=1S/C22H31N5O2/c1-13-5-6-16(7-8-24-13)19-15(3)17(11-18-20(19)29-10-9-28-18)26-21-25-14(2)12-22(4,23)27-21/h7,11-13,24H,5-6,8-10,23H2,1-4H3,(H2,25,26,27)/t13-,22?/m0/s1. The molecular weight excluding hydrogens is 366 g/mol. The lowest BCUT2D eigenvalue weighted by molar-refractivity contribution is 0.171. The first-order valence-corrected chi connectivity index (χ1v) is 10.3. The predicted molar refractivity (Wildman–Crippen MR) is 117 cm³/mol. The van der Waals surface area contributed by atoms with Crippen LogP contribution in [0.5, 0.6) is 11.5 Å². The van der Waals surface area contributed by atoms with Crippen LogP contribution in [-0.2, 0) is 0 Å². The summed E-state index contributed by atoms with van der Waals surface area (Å²) in [5.41, 5.74) is 11.0. The van der Waals surface area contributed by atoms with Crippen molar-refractivity contribution in [3.05, 3.63) is 35.0 Å². The molecule has 0 saturated carbocycles. The Hall–Kier alpha value is -2.51. The second-order valence-corrected chi connectivity index (χ2v) is 8.30. The lowest BCUT2D eigenvalue weighted by atomic mass is 9.93. The smallest absolute Gasteiger partial charge is 0.202 e. The molecule has 1 unspecified atom stereocenters. The van der Waals surface area contributed by atoms with Crippen molar-refractivity contribution in [3.63, 3.8) is 0 Å². The number of anilines is 1. The minimum atomic E-state index is -0.648. The normalized spacial score (nSPS) is 26.5. The van der Waals surface area contributed by atoms with Crippen molar-refractivity contribution in [1.82, 2.24) is 10.6 Å². The van der Waals surface area contributed by atoms with Crippen LogP contribution in [0.1, 0.15) is 44.7 Å². The predicted octanol–water partition coefficient (Wildman–Crippen LogP) is 2.87. The molecule has 0 spiro atoms. The van der Waals surface area contributed by atoms with Crippen LogP contribution in [0.4, 0.5) is 5.69 Å². The molecular formula is C22H31N5O2. The maximum Gasteiger partial charge on any atom is 0.202 e. The molecule has 0 saturated heterocycles.